The summed E-state index contributed by atoms with van der Waals surface area (Å²) in [6.07, 6.45) is 3.77. The van der Waals surface area contributed by atoms with Crippen LogP contribution >= 0.6 is 0 Å². The van der Waals surface area contributed by atoms with Crippen molar-refractivity contribution >= 4 is 0 Å². The fourth-order valence-corrected chi connectivity index (χ4v) is 1.21. The van der Waals surface area contributed by atoms with Crippen LogP contribution in [-0.2, 0) is 0 Å². The quantitative estimate of drug-likeness (QED) is 0.674. The highest BCUT2D eigenvalue weighted by atomic mass is 15.3. The zero-order valence-electron chi connectivity index (χ0n) is 8.17. The molecule has 1 unspecified atom stereocenters. The average molecular weight is 180 g/mol. The van der Waals surface area contributed by atoms with Crippen molar-refractivity contribution < 1.29 is 0 Å². The Labute approximate surface area is 78.4 Å². The Kier molecular flexibility index (Phi) is 3.64. The molecule has 0 spiro atoms. The first kappa shape index (κ1) is 9.92. The van der Waals surface area contributed by atoms with Gasteiger partial charge in [-0.15, -0.1) is 6.58 Å². The van der Waals surface area contributed by atoms with E-state index in [0.29, 0.717) is 0 Å². The number of nitrogens with zero attached hydrogens (tertiary/aromatic N) is 2. The van der Waals surface area contributed by atoms with Crippen molar-refractivity contribution in [1.29, 1.82) is 0 Å². The highest BCUT2D eigenvalue weighted by Crippen LogP contribution is 2.16. The molecule has 4 nitrogen and oxygen atoms in total. The molecule has 0 saturated carbocycles. The first-order chi connectivity index (χ1) is 6.24. The summed E-state index contributed by atoms with van der Waals surface area (Å²) in [4.78, 5) is 0. The molecule has 72 valence electrons. The molecule has 2 N–H and O–H groups in total. The Balaban J connectivity index is 2.49. The van der Waals surface area contributed by atoms with Gasteiger partial charge in [-0.1, -0.05) is 5.57 Å². The third kappa shape index (κ3) is 2.99. The van der Waals surface area contributed by atoms with Gasteiger partial charge < -0.3 is 5.32 Å². The van der Waals surface area contributed by atoms with Gasteiger partial charge >= 0.3 is 0 Å². The van der Waals surface area contributed by atoms with E-state index in [-0.39, 0.29) is 6.04 Å². The predicted molar refractivity (Wildman–Crippen MR) is 52.2 cm³/mol. The van der Waals surface area contributed by atoms with E-state index in [2.05, 4.69) is 27.3 Å². The molecule has 1 aromatic heterocycles. The third-order valence-corrected chi connectivity index (χ3v) is 2.00. The minimum atomic E-state index is 0.274. The maximum atomic E-state index is 4.04. The van der Waals surface area contributed by atoms with Crippen molar-refractivity contribution in [2.75, 3.05) is 7.05 Å². The minimum absolute atomic E-state index is 0.274. The van der Waals surface area contributed by atoms with Crippen LogP contribution in [0.4, 0.5) is 0 Å². The summed E-state index contributed by atoms with van der Waals surface area (Å²) >= 11 is 0. The molecule has 4 heteroatoms. The van der Waals surface area contributed by atoms with Gasteiger partial charge in [0.2, 0.25) is 0 Å². The summed E-state index contributed by atoms with van der Waals surface area (Å²) in [5.41, 5.74) is 2.16. The summed E-state index contributed by atoms with van der Waals surface area (Å²) in [7, 11) is 1.93. The Morgan fingerprint density at radius 3 is 3.00 bits per heavy atom. The Morgan fingerprint density at radius 2 is 2.54 bits per heavy atom. The molecule has 0 aliphatic carbocycles. The third-order valence-electron chi connectivity index (χ3n) is 2.00. The molecule has 0 amide bonds. The van der Waals surface area contributed by atoms with E-state index in [1.807, 2.05) is 14.0 Å². The van der Waals surface area contributed by atoms with Crippen molar-refractivity contribution in [1.82, 2.24) is 20.7 Å². The normalized spacial score (nSPS) is 12.8. The van der Waals surface area contributed by atoms with E-state index in [0.717, 1.165) is 18.5 Å². The second-order valence-corrected chi connectivity index (χ2v) is 3.23. The van der Waals surface area contributed by atoms with Crippen LogP contribution in [0.1, 0.15) is 31.5 Å². The Bertz CT molecular complexity index is 253. The van der Waals surface area contributed by atoms with E-state index in [4.69, 9.17) is 0 Å². The van der Waals surface area contributed by atoms with Gasteiger partial charge in [0.25, 0.3) is 0 Å². The zero-order chi connectivity index (χ0) is 9.68. The van der Waals surface area contributed by atoms with E-state index in [9.17, 15) is 0 Å². The van der Waals surface area contributed by atoms with Gasteiger partial charge in [-0.25, -0.2) is 0 Å². The number of H-pyrrole nitrogens is 1. The van der Waals surface area contributed by atoms with Crippen molar-refractivity contribution in [3.8, 4) is 0 Å². The van der Waals surface area contributed by atoms with Crippen LogP contribution in [0.2, 0.25) is 0 Å². The lowest BCUT2D eigenvalue weighted by molar-refractivity contribution is 0.534. The van der Waals surface area contributed by atoms with Crippen LogP contribution in [0, 0.1) is 0 Å². The summed E-state index contributed by atoms with van der Waals surface area (Å²) < 4.78 is 0. The van der Waals surface area contributed by atoms with Crippen LogP contribution in [0.3, 0.4) is 0 Å². The van der Waals surface area contributed by atoms with Crippen LogP contribution in [0.15, 0.2) is 18.3 Å². The Morgan fingerprint density at radius 1 is 1.77 bits per heavy atom. The molecule has 0 aromatic carbocycles. The molecule has 1 rings (SSSR count). The molecular weight excluding hydrogens is 164 g/mol. The van der Waals surface area contributed by atoms with Gasteiger partial charge in [0.1, 0.15) is 0 Å². The summed E-state index contributed by atoms with van der Waals surface area (Å²) in [5, 5.41) is 13.6. The van der Waals surface area contributed by atoms with E-state index >= 15 is 0 Å². The predicted octanol–water partition coefficient (Wildman–Crippen LogP) is 1.42. The maximum absolute atomic E-state index is 4.04. The molecule has 13 heavy (non-hydrogen) atoms. The zero-order valence-corrected chi connectivity index (χ0v) is 8.17. The second-order valence-electron chi connectivity index (χ2n) is 3.23. The maximum Gasteiger partial charge on any atom is 0.0993 e. The monoisotopic (exact) mass is 180 g/mol. The van der Waals surface area contributed by atoms with Crippen molar-refractivity contribution in [3.63, 3.8) is 0 Å². The van der Waals surface area contributed by atoms with Crippen LogP contribution in [0.25, 0.3) is 0 Å². The van der Waals surface area contributed by atoms with Gasteiger partial charge in [-0.2, -0.15) is 15.4 Å². The van der Waals surface area contributed by atoms with Crippen LogP contribution in [-0.4, -0.2) is 22.5 Å². The van der Waals surface area contributed by atoms with Crippen molar-refractivity contribution in [2.24, 2.45) is 0 Å². The highest BCUT2D eigenvalue weighted by Gasteiger charge is 2.10. The lowest BCUT2D eigenvalue weighted by Crippen LogP contribution is -2.16. The molecule has 1 atom stereocenters. The van der Waals surface area contributed by atoms with Gasteiger partial charge in [0.05, 0.1) is 17.9 Å². The van der Waals surface area contributed by atoms with Crippen LogP contribution in [0.5, 0.6) is 0 Å². The number of nitrogens with one attached hydrogen (secondary N) is 2. The molecule has 0 aliphatic heterocycles. The number of hydrogen-bond donors (Lipinski definition) is 2. The number of allylic oxidation sites excluding steroid dienone is 1. The minimum Gasteiger partial charge on any atom is -0.312 e. The van der Waals surface area contributed by atoms with Crippen molar-refractivity contribution in [3.05, 3.63) is 24.0 Å². The molecule has 1 heterocycles. The highest BCUT2D eigenvalue weighted by molar-refractivity contribution is 5.01. The lowest BCUT2D eigenvalue weighted by Gasteiger charge is -2.12. The van der Waals surface area contributed by atoms with Gasteiger partial charge in [-0.3, -0.25) is 0 Å². The molecule has 0 aliphatic rings. The summed E-state index contributed by atoms with van der Waals surface area (Å²) in [6, 6.07) is 0.274. The number of hydrogen-bond acceptors (Lipinski definition) is 3. The van der Waals surface area contributed by atoms with Crippen LogP contribution < -0.4 is 5.32 Å². The van der Waals surface area contributed by atoms with Gasteiger partial charge in [0, 0.05) is 0 Å². The molecule has 0 bridgehead atoms. The molecule has 1 aromatic rings. The SMILES string of the molecule is C=C(C)CCC(NC)c1cn[nH]n1. The fourth-order valence-electron chi connectivity index (χ4n) is 1.21. The fraction of sp³-hybridized carbons (Fsp3) is 0.556. The second kappa shape index (κ2) is 4.77. The molecule has 0 radical (unpaired) electrons. The Hall–Kier alpha value is -1.16. The average Bonchev–Trinajstić information content (AvgIpc) is 2.58. The number of aromatic amines is 1. The molecular formula is C9H16N4. The first-order valence-electron chi connectivity index (χ1n) is 4.41. The number of rotatable bonds is 5. The van der Waals surface area contributed by atoms with Gasteiger partial charge in [-0.05, 0) is 26.8 Å². The standard InChI is InChI=1S/C9H16N4/c1-7(2)4-5-8(10-3)9-6-11-13-12-9/h6,8,10H,1,4-5H2,2-3H3,(H,11,12,13). The van der Waals surface area contributed by atoms with Crippen molar-refractivity contribution in [2.45, 2.75) is 25.8 Å². The molecule has 0 fully saturated rings. The lowest BCUT2D eigenvalue weighted by atomic mass is 10.1. The van der Waals surface area contributed by atoms with E-state index < -0.39 is 0 Å². The first-order valence-corrected chi connectivity index (χ1v) is 4.41. The molecule has 0 saturated heterocycles. The summed E-state index contributed by atoms with van der Waals surface area (Å²) in [5.74, 6) is 0. The van der Waals surface area contributed by atoms with E-state index in [1.165, 1.54) is 5.57 Å². The summed E-state index contributed by atoms with van der Waals surface area (Å²) in [6.45, 7) is 5.91. The van der Waals surface area contributed by atoms with E-state index in [1.54, 1.807) is 6.20 Å². The number of aromatic nitrogens is 3. The van der Waals surface area contributed by atoms with Gasteiger partial charge in [0.15, 0.2) is 0 Å². The smallest absolute Gasteiger partial charge is 0.0993 e. The largest absolute Gasteiger partial charge is 0.312 e. The topological polar surface area (TPSA) is 53.6 Å².